The summed E-state index contributed by atoms with van der Waals surface area (Å²) in [6.07, 6.45) is 0. The molecule has 0 atom stereocenters. The Labute approximate surface area is 136 Å². The van der Waals surface area contributed by atoms with E-state index in [9.17, 15) is 4.79 Å². The van der Waals surface area contributed by atoms with Gasteiger partial charge in [0.2, 0.25) is 5.91 Å². The molecule has 0 aliphatic carbocycles. The van der Waals surface area contributed by atoms with Crippen molar-refractivity contribution in [2.24, 2.45) is 11.1 Å². The first kappa shape index (κ1) is 18.1. The molecule has 0 radical (unpaired) electrons. The molecule has 1 rings (SSSR count). The number of likely N-dealkylation sites (N-methyl/N-ethyl adjacent to an activating group) is 1. The molecule has 5 heteroatoms. The number of nitrogens with two attached hydrogens (primary N) is 1. The number of hydrogen-bond acceptors (Lipinski definition) is 3. The second kappa shape index (κ2) is 7.92. The van der Waals surface area contributed by atoms with Crippen LogP contribution in [0.5, 0.6) is 0 Å². The molecule has 0 aliphatic rings. The van der Waals surface area contributed by atoms with Gasteiger partial charge in [0.1, 0.15) is 0 Å². The van der Waals surface area contributed by atoms with E-state index >= 15 is 0 Å². The molecule has 0 spiro atoms. The Morgan fingerprint density at radius 1 is 1.43 bits per heavy atom. The van der Waals surface area contributed by atoms with Crippen LogP contribution in [0.3, 0.4) is 0 Å². The van der Waals surface area contributed by atoms with Gasteiger partial charge in [0.05, 0.1) is 6.54 Å². The normalized spacial score (nSPS) is 11.8. The number of nitrogens with zero attached hydrogens (tertiary/aromatic N) is 1. The van der Waals surface area contributed by atoms with Crippen LogP contribution in [0.1, 0.15) is 26.3 Å². The number of amides is 1. The molecule has 0 bridgehead atoms. The van der Waals surface area contributed by atoms with Gasteiger partial charge in [-0.25, -0.2) is 0 Å². The van der Waals surface area contributed by atoms with E-state index in [2.05, 4.69) is 46.9 Å². The van der Waals surface area contributed by atoms with Crippen LogP contribution in [0.25, 0.3) is 0 Å². The topological polar surface area (TPSA) is 58.4 Å². The van der Waals surface area contributed by atoms with Gasteiger partial charge in [-0.15, -0.1) is 0 Å². The van der Waals surface area contributed by atoms with E-state index in [0.29, 0.717) is 13.1 Å². The van der Waals surface area contributed by atoms with Crippen molar-refractivity contribution < 1.29 is 4.79 Å². The number of nitrogens with one attached hydrogen (secondary N) is 1. The van der Waals surface area contributed by atoms with Gasteiger partial charge in [-0.2, -0.15) is 0 Å². The lowest BCUT2D eigenvalue weighted by Crippen LogP contribution is -2.42. The number of carbonyl (C=O) groups excluding carboxylic acids is 1. The molecule has 118 valence electrons. The highest BCUT2D eigenvalue weighted by molar-refractivity contribution is 9.10. The Hall–Kier alpha value is -0.910. The first-order valence-electron chi connectivity index (χ1n) is 7.26. The molecule has 0 unspecified atom stereocenters. The largest absolute Gasteiger partial charge is 0.330 e. The zero-order valence-electron chi connectivity index (χ0n) is 13.4. The van der Waals surface area contributed by atoms with Crippen molar-refractivity contribution in [1.82, 2.24) is 4.90 Å². The maximum Gasteiger partial charge on any atom is 0.238 e. The van der Waals surface area contributed by atoms with Gasteiger partial charge in [-0.3, -0.25) is 9.69 Å². The van der Waals surface area contributed by atoms with Gasteiger partial charge in [0.15, 0.2) is 0 Å². The Morgan fingerprint density at radius 2 is 2.10 bits per heavy atom. The zero-order valence-corrected chi connectivity index (χ0v) is 15.0. The molecule has 0 saturated carbocycles. The summed E-state index contributed by atoms with van der Waals surface area (Å²) in [5.41, 5.74) is 7.71. The summed E-state index contributed by atoms with van der Waals surface area (Å²) in [5.74, 6) is 0.00592. The summed E-state index contributed by atoms with van der Waals surface area (Å²) in [6.45, 7) is 10.9. The molecule has 21 heavy (non-hydrogen) atoms. The van der Waals surface area contributed by atoms with Crippen LogP contribution >= 0.6 is 15.9 Å². The maximum absolute atomic E-state index is 12.2. The molecule has 0 heterocycles. The van der Waals surface area contributed by atoms with Crippen LogP contribution in [0, 0.1) is 12.3 Å². The summed E-state index contributed by atoms with van der Waals surface area (Å²) in [7, 11) is 0. The number of aryl methyl sites for hydroxylation is 1. The SMILES string of the molecule is CCN(CC(=O)Nc1ccc(Br)c(C)c1)CC(C)(C)CN. The summed E-state index contributed by atoms with van der Waals surface area (Å²) in [4.78, 5) is 14.3. The summed E-state index contributed by atoms with van der Waals surface area (Å²) in [6, 6.07) is 5.80. The van der Waals surface area contributed by atoms with Gasteiger partial charge in [-0.1, -0.05) is 36.7 Å². The smallest absolute Gasteiger partial charge is 0.238 e. The minimum Gasteiger partial charge on any atom is -0.330 e. The molecule has 3 N–H and O–H groups in total. The lowest BCUT2D eigenvalue weighted by atomic mass is 9.93. The average molecular weight is 356 g/mol. The first-order chi connectivity index (χ1) is 9.77. The zero-order chi connectivity index (χ0) is 16.0. The Balaban J connectivity index is 2.60. The Bertz CT molecular complexity index is 488. The fourth-order valence-corrected chi connectivity index (χ4v) is 2.32. The quantitative estimate of drug-likeness (QED) is 0.790. The number of halogens is 1. The van der Waals surface area contributed by atoms with Crippen LogP contribution < -0.4 is 11.1 Å². The molecule has 1 aromatic rings. The van der Waals surface area contributed by atoms with Crippen LogP contribution in [-0.2, 0) is 4.79 Å². The van der Waals surface area contributed by atoms with Gasteiger partial charge < -0.3 is 11.1 Å². The molecule has 0 fully saturated rings. The molecular weight excluding hydrogens is 330 g/mol. The third kappa shape index (κ3) is 6.16. The van der Waals surface area contributed by atoms with Crippen molar-refractivity contribution in [3.05, 3.63) is 28.2 Å². The molecular formula is C16H26BrN3O. The van der Waals surface area contributed by atoms with E-state index < -0.39 is 0 Å². The van der Waals surface area contributed by atoms with Crippen LogP contribution in [-0.4, -0.2) is 37.0 Å². The number of carbonyl (C=O) groups is 1. The van der Waals surface area contributed by atoms with Gasteiger partial charge in [-0.05, 0) is 49.2 Å². The van der Waals surface area contributed by atoms with Gasteiger partial charge in [0.25, 0.3) is 0 Å². The van der Waals surface area contributed by atoms with Crippen LogP contribution in [0.2, 0.25) is 0 Å². The number of rotatable bonds is 7. The molecule has 1 amide bonds. The minimum atomic E-state index is 0.00592. The molecule has 0 aliphatic heterocycles. The number of hydrogen-bond donors (Lipinski definition) is 2. The lowest BCUT2D eigenvalue weighted by Gasteiger charge is -2.30. The molecule has 0 aromatic heterocycles. The monoisotopic (exact) mass is 355 g/mol. The Morgan fingerprint density at radius 3 is 2.62 bits per heavy atom. The summed E-state index contributed by atoms with van der Waals surface area (Å²) in [5, 5.41) is 2.95. The lowest BCUT2D eigenvalue weighted by molar-refractivity contribution is -0.117. The van der Waals surface area contributed by atoms with Gasteiger partial charge in [0, 0.05) is 16.7 Å². The first-order valence-corrected chi connectivity index (χ1v) is 8.05. The van der Waals surface area contributed by atoms with E-state index in [-0.39, 0.29) is 11.3 Å². The highest BCUT2D eigenvalue weighted by Gasteiger charge is 2.20. The van der Waals surface area contributed by atoms with E-state index in [1.54, 1.807) is 0 Å². The van der Waals surface area contributed by atoms with E-state index in [0.717, 1.165) is 28.8 Å². The third-order valence-electron chi connectivity index (χ3n) is 3.46. The fourth-order valence-electron chi connectivity index (χ4n) is 2.08. The molecule has 0 saturated heterocycles. The van der Waals surface area contributed by atoms with Crippen molar-refractivity contribution >= 4 is 27.5 Å². The van der Waals surface area contributed by atoms with E-state index in [1.807, 2.05) is 25.1 Å². The van der Waals surface area contributed by atoms with Crippen molar-refractivity contribution in [2.75, 3.05) is 31.5 Å². The second-order valence-corrected chi connectivity index (χ2v) is 7.04. The van der Waals surface area contributed by atoms with Crippen molar-refractivity contribution in [3.8, 4) is 0 Å². The predicted molar refractivity (Wildman–Crippen MR) is 92.5 cm³/mol. The van der Waals surface area contributed by atoms with Gasteiger partial charge >= 0.3 is 0 Å². The van der Waals surface area contributed by atoms with Crippen LogP contribution in [0.15, 0.2) is 22.7 Å². The van der Waals surface area contributed by atoms with E-state index in [4.69, 9.17) is 5.73 Å². The predicted octanol–water partition coefficient (Wildman–Crippen LogP) is 3.00. The van der Waals surface area contributed by atoms with Crippen molar-refractivity contribution in [2.45, 2.75) is 27.7 Å². The fraction of sp³-hybridized carbons (Fsp3) is 0.562. The molecule has 1 aromatic carbocycles. The van der Waals surface area contributed by atoms with Crippen LogP contribution in [0.4, 0.5) is 5.69 Å². The average Bonchev–Trinajstić information content (AvgIpc) is 2.42. The Kier molecular flexibility index (Phi) is 6.84. The summed E-state index contributed by atoms with van der Waals surface area (Å²) < 4.78 is 1.04. The number of anilines is 1. The number of benzene rings is 1. The minimum absolute atomic E-state index is 0.00592. The van der Waals surface area contributed by atoms with E-state index in [1.165, 1.54) is 0 Å². The second-order valence-electron chi connectivity index (χ2n) is 6.18. The highest BCUT2D eigenvalue weighted by atomic mass is 79.9. The maximum atomic E-state index is 12.2. The van der Waals surface area contributed by atoms with Crippen molar-refractivity contribution in [3.63, 3.8) is 0 Å². The standard InChI is InChI=1S/C16H26BrN3O/c1-5-20(11-16(3,4)10-18)9-15(21)19-13-6-7-14(17)12(2)8-13/h6-8H,5,9-11,18H2,1-4H3,(H,19,21). The highest BCUT2D eigenvalue weighted by Crippen LogP contribution is 2.20. The molecule has 4 nitrogen and oxygen atoms in total. The third-order valence-corrected chi connectivity index (χ3v) is 4.35. The summed E-state index contributed by atoms with van der Waals surface area (Å²) >= 11 is 3.46. The van der Waals surface area contributed by atoms with Crippen molar-refractivity contribution in [1.29, 1.82) is 0 Å².